The van der Waals surface area contributed by atoms with E-state index in [0.717, 1.165) is 15.6 Å². The average Bonchev–Trinajstić information content (AvgIpc) is 3.18. The van der Waals surface area contributed by atoms with E-state index in [9.17, 15) is 14.9 Å². The Balaban J connectivity index is 2.02. The summed E-state index contributed by atoms with van der Waals surface area (Å²) in [5, 5.41) is 12.7. The molecule has 0 amide bonds. The summed E-state index contributed by atoms with van der Waals surface area (Å²) in [5.74, 6) is -0.136. The molecule has 31 heavy (non-hydrogen) atoms. The number of hydrogen-bond donors (Lipinski definition) is 1. The summed E-state index contributed by atoms with van der Waals surface area (Å²) in [6.07, 6.45) is 0.436. The maximum absolute atomic E-state index is 13.1. The molecule has 0 aliphatic rings. The molecule has 7 heteroatoms. The van der Waals surface area contributed by atoms with E-state index in [4.69, 9.17) is 4.74 Å². The lowest BCUT2D eigenvalue weighted by atomic mass is 9.95. The number of carbonyl (C=O) groups is 1. The number of benzene rings is 2. The Morgan fingerprint density at radius 3 is 2.52 bits per heavy atom. The first-order valence-corrected chi connectivity index (χ1v) is 9.89. The number of H-pyrrole nitrogens is 1. The topological polar surface area (TPSA) is 100 Å². The Morgan fingerprint density at radius 1 is 1.16 bits per heavy atom. The Kier molecular flexibility index (Phi) is 5.37. The third kappa shape index (κ3) is 3.71. The summed E-state index contributed by atoms with van der Waals surface area (Å²) in [4.78, 5) is 30.7. The molecule has 0 aliphatic carbocycles. The van der Waals surface area contributed by atoms with Gasteiger partial charge in [-0.2, -0.15) is 9.78 Å². The van der Waals surface area contributed by atoms with Crippen LogP contribution < -0.4 is 5.56 Å². The van der Waals surface area contributed by atoms with Crippen LogP contribution in [0.25, 0.3) is 16.8 Å². The number of aromatic nitrogens is 3. The van der Waals surface area contributed by atoms with Crippen LogP contribution in [0.5, 0.6) is 0 Å². The van der Waals surface area contributed by atoms with Crippen LogP contribution in [-0.4, -0.2) is 27.2 Å². The number of fused-ring (bicyclic) bond motifs is 1. The van der Waals surface area contributed by atoms with E-state index < -0.39 is 11.5 Å². The predicted octanol–water partition coefficient (Wildman–Crippen LogP) is 3.64. The molecule has 2 aromatic heterocycles. The molecular weight excluding hydrogens is 392 g/mol. The van der Waals surface area contributed by atoms with Crippen molar-refractivity contribution in [1.29, 1.82) is 5.26 Å². The fourth-order valence-corrected chi connectivity index (χ4v) is 3.53. The maximum Gasteiger partial charge on any atom is 0.342 e. The molecule has 0 saturated heterocycles. The Morgan fingerprint density at radius 2 is 1.87 bits per heavy atom. The van der Waals surface area contributed by atoms with Gasteiger partial charge in [0.05, 0.1) is 6.61 Å². The molecule has 1 N–H and O–H groups in total. The highest BCUT2D eigenvalue weighted by Crippen LogP contribution is 2.29. The molecule has 0 saturated carbocycles. The number of esters is 1. The summed E-state index contributed by atoms with van der Waals surface area (Å²) in [6, 6.07) is 18.9. The number of nitrogens with one attached hydrogen (secondary N) is 1. The molecule has 2 aromatic carbocycles. The van der Waals surface area contributed by atoms with Crippen molar-refractivity contribution < 1.29 is 9.53 Å². The van der Waals surface area contributed by atoms with Gasteiger partial charge in [-0.3, -0.25) is 9.89 Å². The molecule has 4 rings (SSSR count). The maximum atomic E-state index is 13.1. The first-order valence-electron chi connectivity index (χ1n) is 9.89. The van der Waals surface area contributed by atoms with Gasteiger partial charge in [-0.1, -0.05) is 60.2 Å². The van der Waals surface area contributed by atoms with Gasteiger partial charge < -0.3 is 4.74 Å². The number of hydrogen-bond acceptors (Lipinski definition) is 5. The molecule has 0 atom stereocenters. The van der Waals surface area contributed by atoms with Crippen molar-refractivity contribution in [2.45, 2.75) is 20.3 Å². The minimum Gasteiger partial charge on any atom is -0.462 e. The third-order valence-corrected chi connectivity index (χ3v) is 4.98. The standard InChI is InChI=1S/C24H20N4O3/c1-3-31-24(30)21-20(17-11-9-15(2)10-12-17)18(14-25)23(29)28-22(21)26-19(27-28)13-16-7-5-4-6-8-16/h4-12H,3,13H2,1-2H3,(H,26,27). The van der Waals surface area contributed by atoms with Gasteiger partial charge in [0.25, 0.3) is 5.56 Å². The van der Waals surface area contributed by atoms with Crippen molar-refractivity contribution in [3.8, 4) is 17.2 Å². The minimum absolute atomic E-state index is 0.0948. The van der Waals surface area contributed by atoms with Gasteiger partial charge in [0.15, 0.2) is 5.65 Å². The van der Waals surface area contributed by atoms with Crippen LogP contribution in [0.3, 0.4) is 0 Å². The Hall–Kier alpha value is -4.18. The van der Waals surface area contributed by atoms with E-state index in [0.29, 0.717) is 17.8 Å². The molecule has 2 heterocycles. The Labute approximate surface area is 178 Å². The molecule has 0 fully saturated rings. The summed E-state index contributed by atoms with van der Waals surface area (Å²) >= 11 is 0. The molecule has 0 aliphatic heterocycles. The number of aryl methyl sites for hydroxylation is 1. The number of nitrogens with zero attached hydrogens (tertiary/aromatic N) is 3. The number of ether oxygens (including phenoxy) is 1. The highest BCUT2D eigenvalue weighted by molar-refractivity contribution is 6.04. The van der Waals surface area contributed by atoms with Crippen LogP contribution in [0, 0.1) is 18.3 Å². The molecule has 7 nitrogen and oxygen atoms in total. The normalized spacial score (nSPS) is 10.7. The summed E-state index contributed by atoms with van der Waals surface area (Å²) < 4.78 is 6.42. The van der Waals surface area contributed by atoms with Crippen molar-refractivity contribution in [2.75, 3.05) is 6.61 Å². The lowest BCUT2D eigenvalue weighted by molar-refractivity contribution is 0.0528. The van der Waals surface area contributed by atoms with Crippen LogP contribution in [0.1, 0.15) is 39.8 Å². The molecule has 0 spiro atoms. The number of nitriles is 1. The van der Waals surface area contributed by atoms with Gasteiger partial charge >= 0.3 is 5.97 Å². The molecule has 4 aromatic rings. The van der Waals surface area contributed by atoms with Crippen molar-refractivity contribution >= 4 is 11.6 Å². The third-order valence-electron chi connectivity index (χ3n) is 4.98. The quantitative estimate of drug-likeness (QED) is 0.505. The highest BCUT2D eigenvalue weighted by Gasteiger charge is 2.27. The monoisotopic (exact) mass is 412 g/mol. The van der Waals surface area contributed by atoms with Crippen LogP contribution >= 0.6 is 0 Å². The highest BCUT2D eigenvalue weighted by atomic mass is 16.5. The number of aromatic amines is 1. The van der Waals surface area contributed by atoms with Crippen molar-refractivity contribution in [3.63, 3.8) is 0 Å². The van der Waals surface area contributed by atoms with Crippen molar-refractivity contribution in [3.05, 3.63) is 93.0 Å². The first-order chi connectivity index (χ1) is 15.0. The van der Waals surface area contributed by atoms with E-state index in [-0.39, 0.29) is 28.9 Å². The number of rotatable bonds is 5. The predicted molar refractivity (Wildman–Crippen MR) is 116 cm³/mol. The van der Waals surface area contributed by atoms with E-state index >= 15 is 0 Å². The fraction of sp³-hybridized carbons (Fsp3) is 0.167. The molecule has 0 radical (unpaired) electrons. The number of pyridine rings is 1. The van der Waals surface area contributed by atoms with Gasteiger partial charge in [0.2, 0.25) is 0 Å². The van der Waals surface area contributed by atoms with Gasteiger partial charge in [-0.15, -0.1) is 0 Å². The molecule has 0 bridgehead atoms. The second kappa shape index (κ2) is 8.28. The molecule has 0 unspecified atom stereocenters. The van der Waals surface area contributed by atoms with E-state index in [1.165, 1.54) is 0 Å². The zero-order chi connectivity index (χ0) is 22.0. The van der Waals surface area contributed by atoms with Crippen molar-refractivity contribution in [1.82, 2.24) is 14.6 Å². The summed E-state index contributed by atoms with van der Waals surface area (Å²) in [7, 11) is 0. The molecule has 154 valence electrons. The van der Waals surface area contributed by atoms with Crippen LogP contribution in [0.4, 0.5) is 0 Å². The van der Waals surface area contributed by atoms with Gasteiger partial charge in [-0.25, -0.2) is 9.78 Å². The second-order valence-corrected chi connectivity index (χ2v) is 7.12. The van der Waals surface area contributed by atoms with E-state index in [1.54, 1.807) is 19.1 Å². The zero-order valence-corrected chi connectivity index (χ0v) is 17.2. The summed E-state index contributed by atoms with van der Waals surface area (Å²) in [6.45, 7) is 3.79. The van der Waals surface area contributed by atoms with E-state index in [1.807, 2.05) is 55.5 Å². The van der Waals surface area contributed by atoms with E-state index in [2.05, 4.69) is 10.1 Å². The van der Waals surface area contributed by atoms with Crippen molar-refractivity contribution in [2.24, 2.45) is 0 Å². The van der Waals surface area contributed by atoms with Crippen LogP contribution in [0.2, 0.25) is 0 Å². The molecular formula is C24H20N4O3. The lowest BCUT2D eigenvalue weighted by Gasteiger charge is -2.12. The lowest BCUT2D eigenvalue weighted by Crippen LogP contribution is -2.23. The van der Waals surface area contributed by atoms with Crippen LogP contribution in [0.15, 0.2) is 59.4 Å². The SMILES string of the molecule is CCOC(=O)c1c(-c2ccc(C)cc2)c(C#N)c(=O)n2[nH]c(Cc3ccccc3)nc12. The van der Waals surface area contributed by atoms with Gasteiger partial charge in [0.1, 0.15) is 23.0 Å². The Bertz CT molecular complexity index is 1360. The minimum atomic E-state index is -0.634. The largest absolute Gasteiger partial charge is 0.462 e. The number of carbonyl (C=O) groups excluding carboxylic acids is 1. The first kappa shape index (κ1) is 20.1. The smallest absolute Gasteiger partial charge is 0.342 e. The second-order valence-electron chi connectivity index (χ2n) is 7.12. The van der Waals surface area contributed by atoms with Gasteiger partial charge in [-0.05, 0) is 25.0 Å². The van der Waals surface area contributed by atoms with Gasteiger partial charge in [0, 0.05) is 12.0 Å². The summed E-state index contributed by atoms with van der Waals surface area (Å²) in [5.41, 5.74) is 2.36. The zero-order valence-electron chi connectivity index (χ0n) is 17.2. The fourth-order valence-electron chi connectivity index (χ4n) is 3.53. The van der Waals surface area contributed by atoms with Crippen LogP contribution in [-0.2, 0) is 11.2 Å². The average molecular weight is 412 g/mol.